The number of nitrogens with one attached hydrogen (secondary N) is 2. The van der Waals surface area contributed by atoms with Crippen molar-refractivity contribution in [3.63, 3.8) is 0 Å². The zero-order valence-electron chi connectivity index (χ0n) is 22.5. The minimum Gasteiger partial charge on any atom is -0.444 e. The Morgan fingerprint density at radius 1 is 1.14 bits per heavy atom. The summed E-state index contributed by atoms with van der Waals surface area (Å²) in [6, 6.07) is 13.7. The van der Waals surface area contributed by atoms with E-state index < -0.39 is 0 Å². The average molecular weight is 510 g/mol. The van der Waals surface area contributed by atoms with Crippen molar-refractivity contribution >= 4 is 29.1 Å². The number of fused-ring (bicyclic) bond motifs is 1. The van der Waals surface area contributed by atoms with E-state index in [1.165, 1.54) is 0 Å². The lowest BCUT2D eigenvalue weighted by Gasteiger charge is -2.41. The Morgan fingerprint density at radius 2 is 1.86 bits per heavy atom. The first kappa shape index (κ1) is 26.8. The lowest BCUT2D eigenvalue weighted by Crippen LogP contribution is -2.49. The van der Waals surface area contributed by atoms with Gasteiger partial charge >= 0.3 is 6.09 Å². The maximum Gasteiger partial charge on any atom is 0.414 e. The molecule has 0 bridgehead atoms. The van der Waals surface area contributed by atoms with Crippen molar-refractivity contribution in [1.29, 1.82) is 0 Å². The Bertz CT molecular complexity index is 1110. The lowest BCUT2D eigenvalue weighted by molar-refractivity contribution is 0.0929. The van der Waals surface area contributed by atoms with Crippen LogP contribution in [0.5, 0.6) is 0 Å². The van der Waals surface area contributed by atoms with Crippen molar-refractivity contribution in [3.05, 3.63) is 53.6 Å². The van der Waals surface area contributed by atoms with E-state index in [0.717, 1.165) is 55.1 Å². The van der Waals surface area contributed by atoms with Gasteiger partial charge in [0, 0.05) is 43.3 Å². The fraction of sp³-hybridized carbons (Fsp3) is 0.500. The minimum absolute atomic E-state index is 0.0433. The number of hydrogen-bond acceptors (Lipinski definition) is 7. The summed E-state index contributed by atoms with van der Waals surface area (Å²) >= 11 is 0. The van der Waals surface area contributed by atoms with Crippen LogP contribution in [0.25, 0.3) is 0 Å². The van der Waals surface area contributed by atoms with Crippen LogP contribution in [0.4, 0.5) is 21.9 Å². The van der Waals surface area contributed by atoms with Crippen LogP contribution in [0.2, 0.25) is 0 Å². The predicted molar refractivity (Wildman–Crippen MR) is 146 cm³/mol. The highest BCUT2D eigenvalue weighted by Crippen LogP contribution is 2.35. The van der Waals surface area contributed by atoms with Crippen LogP contribution in [0.1, 0.15) is 42.6 Å². The molecule has 4 rings (SSSR count). The van der Waals surface area contributed by atoms with Crippen LogP contribution in [0, 0.1) is 5.41 Å². The number of benzene rings is 2. The summed E-state index contributed by atoms with van der Waals surface area (Å²) < 4.78 is 5.43. The second-order valence-corrected chi connectivity index (χ2v) is 10.9. The van der Waals surface area contributed by atoms with E-state index in [1.54, 1.807) is 7.11 Å². The van der Waals surface area contributed by atoms with E-state index in [1.807, 2.05) is 61.5 Å². The summed E-state index contributed by atoms with van der Waals surface area (Å²) in [7, 11) is 5.63. The summed E-state index contributed by atoms with van der Waals surface area (Å²) in [5.41, 5.74) is 7.17. The van der Waals surface area contributed by atoms with Crippen LogP contribution in [-0.4, -0.2) is 70.3 Å². The summed E-state index contributed by atoms with van der Waals surface area (Å²) in [6.45, 7) is 7.58. The number of cyclic esters (lactones) is 1. The number of amides is 2. The second kappa shape index (κ2) is 11.4. The molecule has 2 amide bonds. The number of carbonyl (C=O) groups excluding carboxylic acids is 2. The maximum atomic E-state index is 12.9. The third-order valence-electron chi connectivity index (χ3n) is 6.91. The SMILES string of the molecule is CONc1cc(C(=O)NCC(C)(C)CN(C)C)ccc1N1CCC(N2C(=O)OCc3ccccc32)CC1. The second-order valence-electron chi connectivity index (χ2n) is 10.9. The standard InChI is InChI=1S/C28H39N5O4/c1-28(2,19-31(3)4)18-29-26(34)20-10-11-25(23(16-20)30-36-5)32-14-12-22(13-15-32)33-24-9-7-6-8-21(24)17-37-27(33)35/h6-11,16,22,30H,12-15,17-19H2,1-5H3,(H,29,34). The number of nitrogens with zero attached hydrogens (tertiary/aromatic N) is 3. The van der Waals surface area contributed by atoms with Crippen LogP contribution < -0.4 is 20.6 Å². The van der Waals surface area contributed by atoms with E-state index in [-0.39, 0.29) is 23.5 Å². The van der Waals surface area contributed by atoms with Gasteiger partial charge in [-0.15, -0.1) is 0 Å². The van der Waals surface area contributed by atoms with Crippen molar-refractivity contribution < 1.29 is 19.2 Å². The largest absolute Gasteiger partial charge is 0.444 e. The van der Waals surface area contributed by atoms with E-state index in [4.69, 9.17) is 9.57 Å². The van der Waals surface area contributed by atoms with Gasteiger partial charge in [0.2, 0.25) is 0 Å². The van der Waals surface area contributed by atoms with Crippen LogP contribution in [-0.2, 0) is 16.2 Å². The molecule has 1 fully saturated rings. The van der Waals surface area contributed by atoms with Gasteiger partial charge in [-0.25, -0.2) is 4.79 Å². The number of para-hydroxylation sites is 1. The number of rotatable bonds is 9. The Kier molecular flexibility index (Phi) is 8.24. The van der Waals surface area contributed by atoms with Gasteiger partial charge in [0.15, 0.2) is 0 Å². The quantitative estimate of drug-likeness (QED) is 0.492. The zero-order valence-corrected chi connectivity index (χ0v) is 22.5. The molecule has 37 heavy (non-hydrogen) atoms. The van der Waals surface area contributed by atoms with Gasteiger partial charge in [-0.2, -0.15) is 0 Å². The van der Waals surface area contributed by atoms with E-state index >= 15 is 0 Å². The summed E-state index contributed by atoms with van der Waals surface area (Å²) in [5, 5.41) is 3.07. The first-order valence-electron chi connectivity index (χ1n) is 12.8. The lowest BCUT2D eigenvalue weighted by atomic mass is 9.93. The molecule has 9 nitrogen and oxygen atoms in total. The molecular formula is C28H39N5O4. The fourth-order valence-electron chi connectivity index (χ4n) is 5.36. The molecule has 0 spiro atoms. The van der Waals surface area contributed by atoms with Gasteiger partial charge in [-0.3, -0.25) is 20.0 Å². The molecule has 2 aliphatic rings. The van der Waals surface area contributed by atoms with Crippen LogP contribution >= 0.6 is 0 Å². The fourth-order valence-corrected chi connectivity index (χ4v) is 5.36. The molecule has 2 aromatic rings. The molecule has 2 aliphatic heterocycles. The molecule has 200 valence electrons. The van der Waals surface area contributed by atoms with E-state index in [2.05, 4.69) is 34.4 Å². The summed E-state index contributed by atoms with van der Waals surface area (Å²) in [5.74, 6) is -0.112. The van der Waals surface area contributed by atoms with E-state index in [9.17, 15) is 9.59 Å². The first-order valence-corrected chi connectivity index (χ1v) is 12.8. The number of anilines is 3. The summed E-state index contributed by atoms with van der Waals surface area (Å²) in [6.07, 6.45) is 1.33. The predicted octanol–water partition coefficient (Wildman–Crippen LogP) is 4.10. The van der Waals surface area contributed by atoms with Crippen LogP contribution in [0.15, 0.2) is 42.5 Å². The third kappa shape index (κ3) is 6.34. The van der Waals surface area contributed by atoms with Gasteiger partial charge in [-0.1, -0.05) is 32.0 Å². The summed E-state index contributed by atoms with van der Waals surface area (Å²) in [4.78, 5) is 37.0. The van der Waals surface area contributed by atoms with Crippen molar-refractivity contribution in [2.45, 2.75) is 39.3 Å². The molecule has 0 aromatic heterocycles. The van der Waals surface area contributed by atoms with Crippen molar-refractivity contribution in [3.8, 4) is 0 Å². The normalized spacial score (nSPS) is 16.4. The average Bonchev–Trinajstić information content (AvgIpc) is 2.87. The van der Waals surface area contributed by atoms with Gasteiger partial charge in [0.05, 0.1) is 24.2 Å². The smallest absolute Gasteiger partial charge is 0.414 e. The Labute approximate surface area is 219 Å². The van der Waals surface area contributed by atoms with Crippen LogP contribution in [0.3, 0.4) is 0 Å². The molecule has 1 saturated heterocycles. The number of ether oxygens (including phenoxy) is 1. The van der Waals surface area contributed by atoms with E-state index in [0.29, 0.717) is 18.7 Å². The Hall–Kier alpha value is -3.30. The Balaban J connectivity index is 1.43. The molecule has 0 radical (unpaired) electrons. The molecule has 0 atom stereocenters. The van der Waals surface area contributed by atoms with Gasteiger partial charge in [0.25, 0.3) is 5.91 Å². The highest BCUT2D eigenvalue weighted by atomic mass is 16.6. The molecule has 9 heteroatoms. The maximum absolute atomic E-state index is 12.9. The molecule has 2 N–H and O–H groups in total. The third-order valence-corrected chi connectivity index (χ3v) is 6.91. The number of piperidine rings is 1. The zero-order chi connectivity index (χ0) is 26.6. The van der Waals surface area contributed by atoms with Crippen molar-refractivity contribution in [1.82, 2.24) is 10.2 Å². The molecule has 2 heterocycles. The monoisotopic (exact) mass is 509 g/mol. The van der Waals surface area contributed by atoms with Crippen molar-refractivity contribution in [2.75, 3.05) is 62.7 Å². The van der Waals surface area contributed by atoms with Gasteiger partial charge < -0.3 is 19.9 Å². The number of hydrogen-bond donors (Lipinski definition) is 2. The van der Waals surface area contributed by atoms with Gasteiger partial charge in [-0.05, 0) is 56.6 Å². The topological polar surface area (TPSA) is 86.4 Å². The molecule has 0 saturated carbocycles. The van der Waals surface area contributed by atoms with Crippen molar-refractivity contribution in [2.24, 2.45) is 5.41 Å². The molecular weight excluding hydrogens is 470 g/mol. The van der Waals surface area contributed by atoms with Gasteiger partial charge in [0.1, 0.15) is 6.61 Å². The minimum atomic E-state index is -0.275. The Morgan fingerprint density at radius 3 is 2.57 bits per heavy atom. The molecule has 2 aromatic carbocycles. The number of carbonyl (C=O) groups is 2. The highest BCUT2D eigenvalue weighted by molar-refractivity contribution is 5.96. The highest BCUT2D eigenvalue weighted by Gasteiger charge is 2.34. The molecule has 0 aliphatic carbocycles. The first-order chi connectivity index (χ1) is 17.7. The molecule has 0 unspecified atom stereocenters.